The molecule has 0 aromatic rings. The van der Waals surface area contributed by atoms with Crippen LogP contribution in [0.15, 0.2) is 0 Å². The van der Waals surface area contributed by atoms with Crippen molar-refractivity contribution >= 4 is 19.7 Å². The summed E-state index contributed by atoms with van der Waals surface area (Å²) in [5, 5.41) is 2.84. The molecule has 0 bridgehead atoms. The van der Waals surface area contributed by atoms with E-state index in [1.807, 2.05) is 0 Å². The van der Waals surface area contributed by atoms with Crippen LogP contribution >= 0.6 is 7.82 Å². The van der Waals surface area contributed by atoms with Crippen molar-refractivity contribution in [2.24, 2.45) is 0 Å². The molecule has 0 aliphatic carbocycles. The SMILES string of the molecule is CCCCCCCCCCCCC(=O)O[C@@H](COCOCCCCCCCCCCCCCCCNC(C)=O)COP(=O)([O-])[O-].[Na+].[Na+]. The number of hydrogen-bond donors (Lipinski definition) is 1. The standard InChI is InChI=1S/C34H68NO9P.2Na/c1-3-4-5-6-7-8-14-17-20-23-26-34(37)44-33(30-43-45(38,39)40)29-42-31-41-28-25-22-19-16-13-11-9-10-12-15-18-21-24-27-35-32(2)36;;/h33H,3-31H2,1-2H3,(H,35,36)(H2,38,39,40);;/q;2*+1/p-2/t33-;;/m0../s1. The molecule has 13 heteroatoms. The molecule has 0 fully saturated rings. The summed E-state index contributed by atoms with van der Waals surface area (Å²) in [4.78, 5) is 44.8. The number of nitrogens with one attached hydrogen (secondary N) is 1. The van der Waals surface area contributed by atoms with Gasteiger partial charge in [-0.3, -0.25) is 9.59 Å². The van der Waals surface area contributed by atoms with Crippen LogP contribution in [-0.2, 0) is 32.9 Å². The normalized spacial score (nSPS) is 11.8. The number of rotatable bonds is 35. The number of esters is 1. The van der Waals surface area contributed by atoms with Gasteiger partial charge in [0.1, 0.15) is 12.9 Å². The second kappa shape index (κ2) is 39.8. The molecule has 0 aromatic carbocycles. The smallest absolute Gasteiger partial charge is 0.790 e. The van der Waals surface area contributed by atoms with Crippen LogP contribution in [-0.4, -0.2) is 51.1 Å². The van der Waals surface area contributed by atoms with E-state index in [4.69, 9.17) is 14.2 Å². The Labute approximate surface area is 331 Å². The number of ether oxygens (including phenoxy) is 3. The molecule has 10 nitrogen and oxygen atoms in total. The number of phosphoric acid groups is 1. The first-order valence-corrected chi connectivity index (χ1v) is 19.5. The average molecular weight is 710 g/mol. The second-order valence-electron chi connectivity index (χ2n) is 12.3. The number of carbonyl (C=O) groups excluding carboxylic acids is 2. The quantitative estimate of drug-likeness (QED) is 0.0338. The van der Waals surface area contributed by atoms with Gasteiger partial charge >= 0.3 is 65.1 Å². The van der Waals surface area contributed by atoms with Crippen molar-refractivity contribution in [2.45, 2.75) is 174 Å². The minimum absolute atomic E-state index is 0. The third-order valence-corrected chi connectivity index (χ3v) is 8.23. The van der Waals surface area contributed by atoms with E-state index in [2.05, 4.69) is 16.8 Å². The average Bonchev–Trinajstić information content (AvgIpc) is 2.99. The zero-order valence-electron chi connectivity index (χ0n) is 30.7. The Morgan fingerprint density at radius 1 is 0.638 bits per heavy atom. The van der Waals surface area contributed by atoms with Crippen LogP contribution in [0.25, 0.3) is 0 Å². The minimum Gasteiger partial charge on any atom is -0.790 e. The summed E-state index contributed by atoms with van der Waals surface area (Å²) in [6, 6.07) is 0. The largest absolute Gasteiger partial charge is 1.00 e. The topological polar surface area (TPSA) is 146 Å². The number of amides is 1. The molecule has 0 aliphatic rings. The monoisotopic (exact) mass is 709 g/mol. The summed E-state index contributed by atoms with van der Waals surface area (Å²) in [5.41, 5.74) is 0. The molecule has 0 radical (unpaired) electrons. The molecule has 0 unspecified atom stereocenters. The fourth-order valence-corrected chi connectivity index (χ4v) is 5.48. The fraction of sp³-hybridized carbons (Fsp3) is 0.941. The van der Waals surface area contributed by atoms with Gasteiger partial charge in [0.05, 0.1) is 21.0 Å². The summed E-state index contributed by atoms with van der Waals surface area (Å²) < 4.78 is 31.4. The van der Waals surface area contributed by atoms with Gasteiger partial charge in [0.15, 0.2) is 0 Å². The predicted molar refractivity (Wildman–Crippen MR) is 175 cm³/mol. The molecule has 1 amide bonds. The number of phosphoric ester groups is 1. The Balaban J connectivity index is -0.00000968. The van der Waals surface area contributed by atoms with E-state index in [9.17, 15) is 23.9 Å². The molecular formula is C34H66NNa2O9P. The number of carbonyl (C=O) groups is 2. The zero-order valence-corrected chi connectivity index (χ0v) is 35.6. The van der Waals surface area contributed by atoms with Gasteiger partial charge in [-0.1, -0.05) is 135 Å². The van der Waals surface area contributed by atoms with Gasteiger partial charge in [0.25, 0.3) is 0 Å². The maximum atomic E-state index is 12.2. The second-order valence-corrected chi connectivity index (χ2v) is 13.4. The fourth-order valence-electron chi connectivity index (χ4n) is 5.13. The maximum absolute atomic E-state index is 12.2. The van der Waals surface area contributed by atoms with Crippen LogP contribution in [0.4, 0.5) is 0 Å². The Hall–Kier alpha value is 0.970. The van der Waals surface area contributed by atoms with Crippen molar-refractivity contribution in [1.82, 2.24) is 5.32 Å². The van der Waals surface area contributed by atoms with E-state index >= 15 is 0 Å². The summed E-state index contributed by atoms with van der Waals surface area (Å²) in [5.74, 6) is -0.399. The van der Waals surface area contributed by atoms with Crippen molar-refractivity contribution in [3.63, 3.8) is 0 Å². The first-order valence-electron chi connectivity index (χ1n) is 18.0. The van der Waals surface area contributed by atoms with Gasteiger partial charge in [-0.15, -0.1) is 0 Å². The molecular weight excluding hydrogens is 643 g/mol. The third-order valence-electron chi connectivity index (χ3n) is 7.76. The summed E-state index contributed by atoms with van der Waals surface area (Å²) in [6.45, 7) is 4.45. The maximum Gasteiger partial charge on any atom is 1.00 e. The zero-order chi connectivity index (χ0) is 33.3. The van der Waals surface area contributed by atoms with E-state index in [0.717, 1.165) is 38.6 Å². The van der Waals surface area contributed by atoms with Crippen molar-refractivity contribution in [3.05, 3.63) is 0 Å². The van der Waals surface area contributed by atoms with Gasteiger partial charge in [0.2, 0.25) is 5.91 Å². The first-order chi connectivity index (χ1) is 21.7. The number of hydrogen-bond acceptors (Lipinski definition) is 9. The summed E-state index contributed by atoms with van der Waals surface area (Å²) in [7, 11) is -5.18. The molecule has 1 atom stereocenters. The van der Waals surface area contributed by atoms with Crippen molar-refractivity contribution in [1.29, 1.82) is 0 Å². The number of unbranched alkanes of at least 4 members (excludes halogenated alkanes) is 21. The van der Waals surface area contributed by atoms with Gasteiger partial charge in [-0.05, 0) is 19.3 Å². The van der Waals surface area contributed by atoms with E-state index in [-0.39, 0.29) is 84.8 Å². The van der Waals surface area contributed by atoms with Crippen LogP contribution in [0.2, 0.25) is 0 Å². The van der Waals surface area contributed by atoms with Crippen molar-refractivity contribution < 1.29 is 102 Å². The van der Waals surface area contributed by atoms with Gasteiger partial charge in [0, 0.05) is 26.5 Å². The summed E-state index contributed by atoms with van der Waals surface area (Å²) >= 11 is 0. The molecule has 47 heavy (non-hydrogen) atoms. The van der Waals surface area contributed by atoms with E-state index in [1.165, 1.54) is 109 Å². The Bertz CT molecular complexity index is 732. The van der Waals surface area contributed by atoms with E-state index < -0.39 is 26.5 Å². The Morgan fingerprint density at radius 2 is 1.09 bits per heavy atom. The Kier molecular flexibility index (Phi) is 44.3. The summed E-state index contributed by atoms with van der Waals surface area (Å²) in [6.07, 6.45) is 26.5. The molecule has 0 spiro atoms. The van der Waals surface area contributed by atoms with Crippen LogP contribution in [0, 0.1) is 0 Å². The van der Waals surface area contributed by atoms with E-state index in [0.29, 0.717) is 13.0 Å². The third kappa shape index (κ3) is 44.9. The molecule has 0 saturated heterocycles. The van der Waals surface area contributed by atoms with Gasteiger partial charge in [-0.2, -0.15) is 0 Å². The molecule has 268 valence electrons. The van der Waals surface area contributed by atoms with Crippen LogP contribution in [0.1, 0.15) is 168 Å². The Morgan fingerprint density at radius 3 is 1.55 bits per heavy atom. The molecule has 0 aliphatic heterocycles. The van der Waals surface area contributed by atoms with Crippen LogP contribution < -0.4 is 74.2 Å². The minimum atomic E-state index is -5.18. The van der Waals surface area contributed by atoms with Gasteiger partial charge in [-0.25, -0.2) is 0 Å². The van der Waals surface area contributed by atoms with E-state index in [1.54, 1.807) is 6.92 Å². The molecule has 0 aromatic heterocycles. The van der Waals surface area contributed by atoms with Crippen LogP contribution in [0.3, 0.4) is 0 Å². The van der Waals surface area contributed by atoms with Crippen molar-refractivity contribution in [2.75, 3.05) is 33.2 Å². The van der Waals surface area contributed by atoms with Gasteiger partial charge < -0.3 is 38.4 Å². The molecule has 0 saturated carbocycles. The molecule has 0 heterocycles. The molecule has 0 rings (SSSR count). The predicted octanol–water partition coefficient (Wildman–Crippen LogP) is 1.26. The van der Waals surface area contributed by atoms with Crippen molar-refractivity contribution in [3.8, 4) is 0 Å². The van der Waals surface area contributed by atoms with Crippen LogP contribution in [0.5, 0.6) is 0 Å². The molecule has 1 N–H and O–H groups in total. The first kappa shape index (κ1) is 52.3.